The fourth-order valence-electron chi connectivity index (χ4n) is 4.96. The Morgan fingerprint density at radius 3 is 1.95 bits per heavy atom. The van der Waals surface area contributed by atoms with Gasteiger partial charge in [-0.05, 0) is 48.6 Å². The lowest BCUT2D eigenvalue weighted by Crippen LogP contribution is -2.51. The van der Waals surface area contributed by atoms with Crippen molar-refractivity contribution in [3.8, 4) is 0 Å². The van der Waals surface area contributed by atoms with Gasteiger partial charge in [0.15, 0.2) is 0 Å². The molecule has 1 aromatic rings. The van der Waals surface area contributed by atoms with Crippen molar-refractivity contribution in [2.45, 2.75) is 59.8 Å². The number of carbonyl (C=O) groups excluding carboxylic acids is 1. The van der Waals surface area contributed by atoms with Gasteiger partial charge in [-0.3, -0.25) is 4.79 Å². The Balaban J connectivity index is 0.000000453. The summed E-state index contributed by atoms with van der Waals surface area (Å²) in [5, 5.41) is 0. The first-order valence-electron chi connectivity index (χ1n) is 13.6. The molecule has 0 aromatic heterocycles. The van der Waals surface area contributed by atoms with Crippen LogP contribution in [0.15, 0.2) is 24.3 Å². The number of carbonyl (C=O) groups is 1. The van der Waals surface area contributed by atoms with Crippen molar-refractivity contribution in [1.82, 2.24) is 4.31 Å². The summed E-state index contributed by atoms with van der Waals surface area (Å²) in [4.78, 5) is 12.4. The van der Waals surface area contributed by atoms with Gasteiger partial charge in [-0.2, -0.15) is 4.31 Å². The van der Waals surface area contributed by atoms with Crippen LogP contribution in [0.25, 0.3) is 0 Å². The normalized spacial score (nSPS) is 21.4. The second-order valence-corrected chi connectivity index (χ2v) is 15.7. The van der Waals surface area contributed by atoms with Crippen molar-refractivity contribution >= 4 is 31.5 Å². The molecule has 2 fully saturated rings. The lowest BCUT2D eigenvalue weighted by atomic mass is 9.71. The standard InChI is InChI=1S/C20H32N2O2S.C5H11NO3S.C2H8N2/c1-17-8-5-6-9-18(17)21-12-14-22(15-13-21)25(23,24)16-20(4)11-7-10-19(20,2)3;1-10(8,9)4-2-3-5(6)7;3-1-2-4/h5-6,8-9H,7,10-16H2,1-4H3;2-4H2,1H3,(H2,6,7);1-4H2. The van der Waals surface area contributed by atoms with E-state index < -0.39 is 25.8 Å². The number of nitrogens with two attached hydrogens (primary N) is 3. The van der Waals surface area contributed by atoms with Gasteiger partial charge in [-0.25, -0.2) is 16.8 Å². The van der Waals surface area contributed by atoms with E-state index in [1.54, 1.807) is 4.31 Å². The van der Waals surface area contributed by atoms with E-state index in [1.165, 1.54) is 11.3 Å². The maximum Gasteiger partial charge on any atom is 0.217 e. The quantitative estimate of drug-likeness (QED) is 0.392. The first kappa shape index (κ1) is 35.3. The summed E-state index contributed by atoms with van der Waals surface area (Å²) < 4.78 is 48.7. The van der Waals surface area contributed by atoms with Crippen LogP contribution in [-0.4, -0.2) is 84.1 Å². The van der Waals surface area contributed by atoms with E-state index in [1.807, 2.05) is 6.07 Å². The summed E-state index contributed by atoms with van der Waals surface area (Å²) in [5.74, 6) is -0.128. The Morgan fingerprint density at radius 1 is 0.949 bits per heavy atom. The van der Waals surface area contributed by atoms with Crippen molar-refractivity contribution < 1.29 is 21.6 Å². The molecule has 0 radical (unpaired) electrons. The number of hydrogen-bond donors (Lipinski definition) is 3. The maximum absolute atomic E-state index is 13.1. The van der Waals surface area contributed by atoms with Crippen molar-refractivity contribution in [3.63, 3.8) is 0 Å². The van der Waals surface area contributed by atoms with E-state index in [4.69, 9.17) is 17.2 Å². The highest BCUT2D eigenvalue weighted by Gasteiger charge is 2.48. The van der Waals surface area contributed by atoms with Gasteiger partial charge in [-0.1, -0.05) is 45.4 Å². The van der Waals surface area contributed by atoms with Gasteiger partial charge in [-0.15, -0.1) is 0 Å². The van der Waals surface area contributed by atoms with Gasteiger partial charge < -0.3 is 22.1 Å². The van der Waals surface area contributed by atoms with Crippen molar-refractivity contribution in [2.75, 3.05) is 61.9 Å². The van der Waals surface area contributed by atoms with E-state index in [-0.39, 0.29) is 28.8 Å². The first-order chi connectivity index (χ1) is 18.0. The molecule has 226 valence electrons. The molecule has 1 atom stereocenters. The molecular formula is C27H51N5O5S2. The molecule has 1 aliphatic heterocycles. The Hall–Kier alpha value is -1.73. The SMILES string of the molecule is CS(=O)(=O)CCCC(N)=O.Cc1ccccc1N1CCN(S(=O)(=O)CC2(C)CCCC2(C)C)CC1.NCCN. The molecule has 1 heterocycles. The van der Waals surface area contributed by atoms with Gasteiger partial charge in [0.2, 0.25) is 15.9 Å². The number of hydrogen-bond acceptors (Lipinski definition) is 8. The first-order valence-corrected chi connectivity index (χ1v) is 17.3. The zero-order valence-corrected chi connectivity index (χ0v) is 26.1. The molecule has 2 aliphatic rings. The van der Waals surface area contributed by atoms with Gasteiger partial charge in [0.05, 0.1) is 11.5 Å². The summed E-state index contributed by atoms with van der Waals surface area (Å²) in [6, 6.07) is 8.33. The summed E-state index contributed by atoms with van der Waals surface area (Å²) in [5.41, 5.74) is 17.1. The molecule has 39 heavy (non-hydrogen) atoms. The predicted molar refractivity (Wildman–Crippen MR) is 161 cm³/mol. The van der Waals surface area contributed by atoms with Gasteiger partial charge >= 0.3 is 0 Å². The molecule has 3 rings (SSSR count). The van der Waals surface area contributed by atoms with E-state index >= 15 is 0 Å². The zero-order valence-electron chi connectivity index (χ0n) is 24.5. The molecule has 1 saturated heterocycles. The Morgan fingerprint density at radius 2 is 1.51 bits per heavy atom. The van der Waals surface area contributed by atoms with Crippen LogP contribution >= 0.6 is 0 Å². The van der Waals surface area contributed by atoms with Crippen LogP contribution in [0.1, 0.15) is 58.4 Å². The minimum Gasteiger partial charge on any atom is -0.370 e. The molecule has 1 unspecified atom stereocenters. The van der Waals surface area contributed by atoms with Crippen LogP contribution in [0.3, 0.4) is 0 Å². The zero-order chi connectivity index (χ0) is 29.9. The van der Waals surface area contributed by atoms with E-state index in [2.05, 4.69) is 50.8 Å². The van der Waals surface area contributed by atoms with Gasteiger partial charge in [0.25, 0.3) is 0 Å². The summed E-state index contributed by atoms with van der Waals surface area (Å²) >= 11 is 0. The van der Waals surface area contributed by atoms with Crippen molar-refractivity contribution in [2.24, 2.45) is 28.0 Å². The second-order valence-electron chi connectivity index (χ2n) is 11.5. The predicted octanol–water partition coefficient (Wildman–Crippen LogP) is 1.86. The van der Waals surface area contributed by atoms with Crippen LogP contribution in [0.5, 0.6) is 0 Å². The number of piperazine rings is 1. The molecule has 12 heteroatoms. The highest BCUT2D eigenvalue weighted by molar-refractivity contribution is 7.90. The highest BCUT2D eigenvalue weighted by Crippen LogP contribution is 2.53. The van der Waals surface area contributed by atoms with Crippen molar-refractivity contribution in [1.29, 1.82) is 0 Å². The summed E-state index contributed by atoms with van der Waals surface area (Å²) in [6.45, 7) is 12.6. The molecule has 1 aliphatic carbocycles. The van der Waals surface area contributed by atoms with E-state index in [0.717, 1.165) is 38.6 Å². The number of nitrogens with zero attached hydrogens (tertiary/aromatic N) is 2. The van der Waals surface area contributed by atoms with Gasteiger partial charge in [0.1, 0.15) is 9.84 Å². The Bertz CT molecular complexity index is 1120. The lowest BCUT2D eigenvalue weighted by molar-refractivity contribution is -0.118. The highest BCUT2D eigenvalue weighted by atomic mass is 32.2. The molecule has 1 amide bonds. The van der Waals surface area contributed by atoms with Crippen LogP contribution in [-0.2, 0) is 24.7 Å². The smallest absolute Gasteiger partial charge is 0.217 e. The third-order valence-electron chi connectivity index (χ3n) is 7.86. The molecule has 0 spiro atoms. The number of sulfonamides is 1. The average molecular weight is 590 g/mol. The van der Waals surface area contributed by atoms with E-state index in [9.17, 15) is 21.6 Å². The third-order valence-corrected chi connectivity index (χ3v) is 11.0. The summed E-state index contributed by atoms with van der Waals surface area (Å²) in [6.07, 6.45) is 4.89. The molecular weight excluding hydrogens is 538 g/mol. The maximum atomic E-state index is 13.1. The number of sulfone groups is 1. The molecule has 1 aromatic carbocycles. The second kappa shape index (κ2) is 15.3. The van der Waals surface area contributed by atoms with E-state index in [0.29, 0.717) is 32.6 Å². The lowest BCUT2D eigenvalue weighted by Gasteiger charge is -2.41. The fraction of sp³-hybridized carbons (Fsp3) is 0.741. The third kappa shape index (κ3) is 11.7. The molecule has 0 bridgehead atoms. The Kier molecular flexibility index (Phi) is 13.9. The number of aryl methyl sites for hydroxylation is 1. The number of benzene rings is 1. The van der Waals surface area contributed by atoms with Gasteiger partial charge in [0, 0.05) is 57.6 Å². The van der Waals surface area contributed by atoms with Crippen LogP contribution < -0.4 is 22.1 Å². The number of rotatable bonds is 9. The number of para-hydroxylation sites is 1. The monoisotopic (exact) mass is 589 g/mol. The fourth-order valence-corrected chi connectivity index (χ4v) is 7.87. The largest absolute Gasteiger partial charge is 0.370 e. The van der Waals surface area contributed by atoms with Crippen LogP contribution in [0, 0.1) is 17.8 Å². The van der Waals surface area contributed by atoms with Crippen molar-refractivity contribution in [3.05, 3.63) is 29.8 Å². The van der Waals surface area contributed by atoms with Crippen LogP contribution in [0.4, 0.5) is 5.69 Å². The molecule has 6 N–H and O–H groups in total. The minimum absolute atomic E-state index is 0.0376. The van der Waals surface area contributed by atoms with Crippen LogP contribution in [0.2, 0.25) is 0 Å². The molecule has 10 nitrogen and oxygen atoms in total. The topological polar surface area (TPSA) is 170 Å². The Labute approximate surface area is 236 Å². The number of primary amides is 1. The molecule has 1 saturated carbocycles. The summed E-state index contributed by atoms with van der Waals surface area (Å²) in [7, 11) is -6.13. The minimum atomic E-state index is -3.21. The number of anilines is 1. The average Bonchev–Trinajstić information content (AvgIpc) is 3.09. The number of amides is 1.